The van der Waals surface area contributed by atoms with Gasteiger partial charge in [-0.25, -0.2) is 0 Å². The number of carbonyl (C=O) groups excluding carboxylic acids is 1. The van der Waals surface area contributed by atoms with Crippen LogP contribution in [0.1, 0.15) is 52.4 Å². The summed E-state index contributed by atoms with van der Waals surface area (Å²) in [5.74, 6) is 0.337. The van der Waals surface area contributed by atoms with E-state index in [-0.39, 0.29) is 12.2 Å². The van der Waals surface area contributed by atoms with Gasteiger partial charge in [0.2, 0.25) is 0 Å². The third-order valence-corrected chi connectivity index (χ3v) is 4.35. The van der Waals surface area contributed by atoms with Crippen molar-refractivity contribution in [2.45, 2.75) is 58.7 Å². The zero-order valence-electron chi connectivity index (χ0n) is 11.0. The molecule has 3 nitrogen and oxygen atoms in total. The van der Waals surface area contributed by atoms with Crippen molar-refractivity contribution in [1.29, 1.82) is 0 Å². The molecule has 2 rings (SSSR count). The van der Waals surface area contributed by atoms with E-state index in [9.17, 15) is 4.79 Å². The number of carbonyl (C=O) groups is 1. The van der Waals surface area contributed by atoms with Crippen LogP contribution in [-0.4, -0.2) is 25.3 Å². The molecule has 2 aliphatic carbocycles. The van der Waals surface area contributed by atoms with E-state index in [1.54, 1.807) is 0 Å². The van der Waals surface area contributed by atoms with Crippen LogP contribution in [-0.2, 0) is 14.3 Å². The molecule has 0 radical (unpaired) electrons. The van der Waals surface area contributed by atoms with Crippen molar-refractivity contribution in [2.75, 3.05) is 13.2 Å². The fourth-order valence-electron chi connectivity index (χ4n) is 3.21. The fraction of sp³-hybridized carbons (Fsp3) is 0.929. The van der Waals surface area contributed by atoms with Gasteiger partial charge in [0.25, 0.3) is 0 Å². The number of rotatable bonds is 5. The monoisotopic (exact) mass is 240 g/mol. The number of ether oxygens (including phenoxy) is 2. The first kappa shape index (κ1) is 13.0. The van der Waals surface area contributed by atoms with Gasteiger partial charge in [0.15, 0.2) is 6.29 Å². The van der Waals surface area contributed by atoms with Crippen LogP contribution in [0.15, 0.2) is 0 Å². The first-order valence-electron chi connectivity index (χ1n) is 6.97. The van der Waals surface area contributed by atoms with Crippen LogP contribution >= 0.6 is 0 Å². The van der Waals surface area contributed by atoms with Crippen molar-refractivity contribution < 1.29 is 14.3 Å². The van der Waals surface area contributed by atoms with Crippen molar-refractivity contribution in [1.82, 2.24) is 0 Å². The lowest BCUT2D eigenvalue weighted by Crippen LogP contribution is -2.44. The Labute approximate surface area is 104 Å². The molecule has 1 unspecified atom stereocenters. The minimum absolute atomic E-state index is 0.0267. The number of Topliss-reactive ketones (excluding diaryl/α,β-unsaturated/α-hetero) is 1. The summed E-state index contributed by atoms with van der Waals surface area (Å²) >= 11 is 0. The Morgan fingerprint density at radius 1 is 1.24 bits per heavy atom. The van der Waals surface area contributed by atoms with E-state index in [0.717, 1.165) is 12.8 Å². The van der Waals surface area contributed by atoms with Crippen molar-refractivity contribution >= 4 is 5.78 Å². The van der Waals surface area contributed by atoms with Gasteiger partial charge in [-0.1, -0.05) is 6.42 Å². The largest absolute Gasteiger partial charge is 0.352 e. The summed E-state index contributed by atoms with van der Waals surface area (Å²) in [7, 11) is 0. The first-order valence-corrected chi connectivity index (χ1v) is 6.97. The van der Waals surface area contributed by atoms with Crippen LogP contribution in [0.2, 0.25) is 0 Å². The van der Waals surface area contributed by atoms with Gasteiger partial charge in [-0.2, -0.15) is 0 Å². The molecule has 0 aromatic heterocycles. The molecule has 2 saturated carbocycles. The molecule has 0 aromatic carbocycles. The highest BCUT2D eigenvalue weighted by Gasteiger charge is 2.46. The predicted molar refractivity (Wildman–Crippen MR) is 65.7 cm³/mol. The van der Waals surface area contributed by atoms with Crippen LogP contribution in [0.5, 0.6) is 0 Å². The molecule has 0 saturated heterocycles. The number of hydrogen-bond donors (Lipinski definition) is 0. The maximum Gasteiger partial charge on any atom is 0.167 e. The first-order chi connectivity index (χ1) is 8.21. The minimum atomic E-state index is -0.310. The van der Waals surface area contributed by atoms with Crippen LogP contribution in [0.4, 0.5) is 0 Å². The van der Waals surface area contributed by atoms with Gasteiger partial charge in [-0.15, -0.1) is 0 Å². The van der Waals surface area contributed by atoms with E-state index in [2.05, 4.69) is 0 Å². The molecule has 2 fully saturated rings. The molecule has 0 aliphatic heterocycles. The molecule has 0 aromatic rings. The average Bonchev–Trinajstić information content (AvgIpc) is 2.27. The zero-order chi connectivity index (χ0) is 12.3. The second kappa shape index (κ2) is 5.49. The van der Waals surface area contributed by atoms with E-state index in [1.165, 1.54) is 25.7 Å². The van der Waals surface area contributed by atoms with Crippen molar-refractivity contribution in [3.63, 3.8) is 0 Å². The maximum atomic E-state index is 12.2. The van der Waals surface area contributed by atoms with Crippen molar-refractivity contribution in [3.8, 4) is 0 Å². The van der Waals surface area contributed by atoms with Gasteiger partial charge in [0.05, 0.1) is 5.92 Å². The summed E-state index contributed by atoms with van der Waals surface area (Å²) in [4.78, 5) is 12.2. The summed E-state index contributed by atoms with van der Waals surface area (Å²) in [6, 6.07) is 0. The van der Waals surface area contributed by atoms with E-state index in [4.69, 9.17) is 9.47 Å². The molecular formula is C14H24O3. The summed E-state index contributed by atoms with van der Waals surface area (Å²) in [5, 5.41) is 0. The predicted octanol–water partition coefficient (Wildman–Crippen LogP) is 2.93. The quantitative estimate of drug-likeness (QED) is 0.693. The topological polar surface area (TPSA) is 35.5 Å². The Kier molecular flexibility index (Phi) is 4.21. The summed E-state index contributed by atoms with van der Waals surface area (Å²) < 4.78 is 11.1. The highest BCUT2D eigenvalue weighted by Crippen LogP contribution is 2.52. The third-order valence-electron chi connectivity index (χ3n) is 4.35. The van der Waals surface area contributed by atoms with E-state index in [1.807, 2.05) is 13.8 Å². The average molecular weight is 240 g/mol. The van der Waals surface area contributed by atoms with Crippen LogP contribution in [0.3, 0.4) is 0 Å². The Bertz CT molecular complexity index is 265. The number of ketones is 1. The Balaban J connectivity index is 1.94. The van der Waals surface area contributed by atoms with Gasteiger partial charge in [0, 0.05) is 19.6 Å². The molecule has 0 heterocycles. The zero-order valence-corrected chi connectivity index (χ0v) is 11.0. The smallest absolute Gasteiger partial charge is 0.167 e. The molecular weight excluding hydrogens is 216 g/mol. The van der Waals surface area contributed by atoms with Crippen molar-refractivity contribution in [2.24, 2.45) is 11.3 Å². The molecule has 0 amide bonds. The van der Waals surface area contributed by atoms with Crippen LogP contribution in [0, 0.1) is 11.3 Å². The highest BCUT2D eigenvalue weighted by molar-refractivity contribution is 5.83. The Hall–Kier alpha value is -0.410. The van der Waals surface area contributed by atoms with E-state index >= 15 is 0 Å². The summed E-state index contributed by atoms with van der Waals surface area (Å²) in [6.07, 6.45) is 6.38. The molecule has 0 N–H and O–H groups in total. The van der Waals surface area contributed by atoms with Gasteiger partial charge in [0.1, 0.15) is 5.78 Å². The lowest BCUT2D eigenvalue weighted by atomic mass is 9.58. The SMILES string of the molecule is CCOC(OCC)C1CCC2(CCC2)CC1=O. The Morgan fingerprint density at radius 2 is 1.88 bits per heavy atom. The highest BCUT2D eigenvalue weighted by atomic mass is 16.7. The lowest BCUT2D eigenvalue weighted by Gasteiger charge is -2.47. The van der Waals surface area contributed by atoms with Gasteiger partial charge >= 0.3 is 0 Å². The maximum absolute atomic E-state index is 12.2. The summed E-state index contributed by atoms with van der Waals surface area (Å²) in [5.41, 5.74) is 0.372. The van der Waals surface area contributed by atoms with E-state index in [0.29, 0.717) is 24.4 Å². The second-order valence-corrected chi connectivity index (χ2v) is 5.42. The standard InChI is InChI=1S/C14H24O3/c1-3-16-13(17-4-2)11-6-9-14(7-5-8-14)10-12(11)15/h11,13H,3-10H2,1-2H3. The normalized spacial score (nSPS) is 27.5. The fourth-order valence-corrected chi connectivity index (χ4v) is 3.21. The van der Waals surface area contributed by atoms with Crippen LogP contribution < -0.4 is 0 Å². The second-order valence-electron chi connectivity index (χ2n) is 5.42. The van der Waals surface area contributed by atoms with Gasteiger partial charge in [-0.3, -0.25) is 4.79 Å². The van der Waals surface area contributed by atoms with Crippen LogP contribution in [0.25, 0.3) is 0 Å². The molecule has 0 bridgehead atoms. The van der Waals surface area contributed by atoms with Gasteiger partial charge in [-0.05, 0) is 44.9 Å². The Morgan fingerprint density at radius 3 is 2.29 bits per heavy atom. The third kappa shape index (κ3) is 2.71. The van der Waals surface area contributed by atoms with Gasteiger partial charge < -0.3 is 9.47 Å². The van der Waals surface area contributed by atoms with Crippen molar-refractivity contribution in [3.05, 3.63) is 0 Å². The molecule has 1 spiro atoms. The lowest BCUT2D eigenvalue weighted by molar-refractivity contribution is -0.183. The molecule has 2 aliphatic rings. The molecule has 3 heteroatoms. The molecule has 98 valence electrons. The molecule has 17 heavy (non-hydrogen) atoms. The molecule has 1 atom stereocenters. The summed E-state index contributed by atoms with van der Waals surface area (Å²) in [6.45, 7) is 5.12. The minimum Gasteiger partial charge on any atom is -0.352 e. The van der Waals surface area contributed by atoms with E-state index < -0.39 is 0 Å². The number of hydrogen-bond acceptors (Lipinski definition) is 3.